The minimum atomic E-state index is -0.166. The monoisotopic (exact) mass is 357 g/mol. The summed E-state index contributed by atoms with van der Waals surface area (Å²) in [6, 6.07) is 10.6. The number of nitrogens with zero attached hydrogens (tertiary/aromatic N) is 3. The lowest BCUT2D eigenvalue weighted by Crippen LogP contribution is -2.30. The maximum absolute atomic E-state index is 12.9. The molecule has 0 N–H and O–H groups in total. The van der Waals surface area contributed by atoms with E-state index in [0.29, 0.717) is 23.1 Å². The Morgan fingerprint density at radius 2 is 2.00 bits per heavy atom. The van der Waals surface area contributed by atoms with Crippen LogP contribution in [0.1, 0.15) is 40.8 Å². The minimum absolute atomic E-state index is 0.107. The van der Waals surface area contributed by atoms with Gasteiger partial charge in [-0.05, 0) is 44.0 Å². The summed E-state index contributed by atoms with van der Waals surface area (Å²) in [5, 5.41) is 8.51. The molecule has 1 atom stereocenters. The van der Waals surface area contributed by atoms with Crippen LogP contribution in [-0.2, 0) is 0 Å². The van der Waals surface area contributed by atoms with Crippen LogP contribution in [-0.4, -0.2) is 27.7 Å². The van der Waals surface area contributed by atoms with Crippen LogP contribution in [0.25, 0.3) is 11.3 Å². The van der Waals surface area contributed by atoms with Crippen LogP contribution in [0.2, 0.25) is 5.02 Å². The van der Waals surface area contributed by atoms with Crippen molar-refractivity contribution in [1.82, 2.24) is 15.2 Å². The van der Waals surface area contributed by atoms with Gasteiger partial charge < -0.3 is 13.9 Å². The maximum atomic E-state index is 12.9. The zero-order valence-electron chi connectivity index (χ0n) is 13.6. The number of benzene rings is 1. The highest BCUT2D eigenvalue weighted by Gasteiger charge is 2.34. The smallest absolute Gasteiger partial charge is 0.276 e. The standard InChI is InChI=1S/C18H16ClN3O3/c1-11-9-17(25-20-11)15-3-2-8-22(15)18(23)14-10-16(24-21-14)12-4-6-13(19)7-5-12/h4-7,9-10,15H,2-3,8H2,1H3/t15-/m0/s1. The van der Waals surface area contributed by atoms with E-state index in [1.165, 1.54) is 0 Å². The zero-order valence-corrected chi connectivity index (χ0v) is 14.4. The van der Waals surface area contributed by atoms with Crippen molar-refractivity contribution in [2.45, 2.75) is 25.8 Å². The molecule has 1 aliphatic rings. The number of rotatable bonds is 3. The van der Waals surface area contributed by atoms with E-state index in [-0.39, 0.29) is 17.6 Å². The molecule has 0 spiro atoms. The molecule has 0 unspecified atom stereocenters. The number of halogens is 1. The molecule has 7 heteroatoms. The number of aromatic nitrogens is 2. The fourth-order valence-corrected chi connectivity index (χ4v) is 3.25. The normalized spacial score (nSPS) is 17.2. The highest BCUT2D eigenvalue weighted by atomic mass is 35.5. The second-order valence-corrected chi connectivity index (χ2v) is 6.55. The van der Waals surface area contributed by atoms with Crippen molar-refractivity contribution >= 4 is 17.5 Å². The molecule has 1 fully saturated rings. The van der Waals surface area contributed by atoms with E-state index in [0.717, 1.165) is 24.1 Å². The molecule has 25 heavy (non-hydrogen) atoms. The average Bonchev–Trinajstić information content (AvgIpc) is 3.35. The highest BCUT2D eigenvalue weighted by molar-refractivity contribution is 6.30. The summed E-state index contributed by atoms with van der Waals surface area (Å²) >= 11 is 5.90. The van der Waals surface area contributed by atoms with Crippen molar-refractivity contribution in [3.05, 3.63) is 58.6 Å². The van der Waals surface area contributed by atoms with Crippen molar-refractivity contribution in [3.8, 4) is 11.3 Å². The van der Waals surface area contributed by atoms with Gasteiger partial charge in [-0.25, -0.2) is 0 Å². The number of hydrogen-bond donors (Lipinski definition) is 0. The van der Waals surface area contributed by atoms with Crippen molar-refractivity contribution in [2.75, 3.05) is 6.54 Å². The highest BCUT2D eigenvalue weighted by Crippen LogP contribution is 2.34. The van der Waals surface area contributed by atoms with E-state index in [1.807, 2.05) is 25.1 Å². The van der Waals surface area contributed by atoms with Crippen molar-refractivity contribution in [2.24, 2.45) is 0 Å². The molecule has 1 aromatic carbocycles. The number of likely N-dealkylation sites (tertiary alicyclic amines) is 1. The van der Waals surface area contributed by atoms with Crippen LogP contribution in [0, 0.1) is 6.92 Å². The fraction of sp³-hybridized carbons (Fsp3) is 0.278. The van der Waals surface area contributed by atoms with Crippen molar-refractivity contribution < 1.29 is 13.8 Å². The Balaban J connectivity index is 1.57. The van der Waals surface area contributed by atoms with Gasteiger partial charge >= 0.3 is 0 Å². The summed E-state index contributed by atoms with van der Waals surface area (Å²) in [6.45, 7) is 2.52. The molecular weight excluding hydrogens is 342 g/mol. The molecule has 0 bridgehead atoms. The maximum Gasteiger partial charge on any atom is 0.276 e. The summed E-state index contributed by atoms with van der Waals surface area (Å²) in [6.07, 6.45) is 1.76. The molecule has 1 saturated heterocycles. The van der Waals surface area contributed by atoms with Crippen LogP contribution in [0.5, 0.6) is 0 Å². The minimum Gasteiger partial charge on any atom is -0.359 e. The van der Waals surface area contributed by atoms with Crippen LogP contribution < -0.4 is 0 Å². The molecule has 0 radical (unpaired) electrons. The van der Waals surface area contributed by atoms with Crippen molar-refractivity contribution in [1.29, 1.82) is 0 Å². The van der Waals surface area contributed by atoms with Gasteiger partial charge in [-0.2, -0.15) is 0 Å². The summed E-state index contributed by atoms with van der Waals surface area (Å²) < 4.78 is 10.7. The third kappa shape index (κ3) is 3.05. The van der Waals surface area contributed by atoms with Crippen LogP contribution in [0.15, 0.2) is 45.4 Å². The van der Waals surface area contributed by atoms with Crippen molar-refractivity contribution in [3.63, 3.8) is 0 Å². The second kappa shape index (κ2) is 6.37. The summed E-state index contributed by atoms with van der Waals surface area (Å²) in [7, 11) is 0. The SMILES string of the molecule is Cc1cc([C@@H]2CCCN2C(=O)c2cc(-c3ccc(Cl)cc3)on2)on1. The molecule has 2 aromatic heterocycles. The largest absolute Gasteiger partial charge is 0.359 e. The van der Waals surface area contributed by atoms with Gasteiger partial charge in [-0.3, -0.25) is 4.79 Å². The van der Waals surface area contributed by atoms with E-state index >= 15 is 0 Å². The van der Waals surface area contributed by atoms with Gasteiger partial charge in [-0.1, -0.05) is 21.9 Å². The molecule has 3 aromatic rings. The number of carbonyl (C=O) groups is 1. The van der Waals surface area contributed by atoms with E-state index < -0.39 is 0 Å². The number of carbonyl (C=O) groups excluding carboxylic acids is 1. The molecule has 128 valence electrons. The second-order valence-electron chi connectivity index (χ2n) is 6.11. The molecule has 6 nitrogen and oxygen atoms in total. The van der Waals surface area contributed by atoms with Gasteiger partial charge in [-0.15, -0.1) is 0 Å². The summed E-state index contributed by atoms with van der Waals surface area (Å²) in [4.78, 5) is 14.6. The summed E-state index contributed by atoms with van der Waals surface area (Å²) in [5.41, 5.74) is 1.91. The van der Waals surface area contributed by atoms with Crippen LogP contribution >= 0.6 is 11.6 Å². The van der Waals surface area contributed by atoms with Gasteiger partial charge in [0.25, 0.3) is 5.91 Å². The predicted octanol–water partition coefficient (Wildman–Crippen LogP) is 4.27. The molecular formula is C18H16ClN3O3. The van der Waals surface area contributed by atoms with Crippen LogP contribution in [0.4, 0.5) is 0 Å². The Morgan fingerprint density at radius 3 is 2.72 bits per heavy atom. The first kappa shape index (κ1) is 15.9. The number of hydrogen-bond acceptors (Lipinski definition) is 5. The van der Waals surface area contributed by atoms with Gasteiger partial charge in [0.15, 0.2) is 17.2 Å². The van der Waals surface area contributed by atoms with E-state index in [4.69, 9.17) is 20.6 Å². The first-order chi connectivity index (χ1) is 12.1. The zero-order chi connectivity index (χ0) is 17.4. The summed E-state index contributed by atoms with van der Waals surface area (Å²) in [5.74, 6) is 1.08. The fourth-order valence-electron chi connectivity index (χ4n) is 3.12. The van der Waals surface area contributed by atoms with Crippen LogP contribution in [0.3, 0.4) is 0 Å². The van der Waals surface area contributed by atoms with E-state index in [1.54, 1.807) is 23.1 Å². The molecule has 4 rings (SSSR count). The average molecular weight is 358 g/mol. The third-order valence-electron chi connectivity index (χ3n) is 4.35. The lowest BCUT2D eigenvalue weighted by molar-refractivity contribution is 0.0704. The van der Waals surface area contributed by atoms with E-state index in [2.05, 4.69) is 10.3 Å². The predicted molar refractivity (Wildman–Crippen MR) is 91.2 cm³/mol. The number of amides is 1. The number of aryl methyl sites for hydroxylation is 1. The Morgan fingerprint density at radius 1 is 1.20 bits per heavy atom. The molecule has 0 saturated carbocycles. The molecule has 1 amide bonds. The Hall–Kier alpha value is -2.60. The lowest BCUT2D eigenvalue weighted by atomic mass is 10.1. The van der Waals surface area contributed by atoms with Gasteiger partial charge in [0.1, 0.15) is 0 Å². The first-order valence-electron chi connectivity index (χ1n) is 8.08. The lowest BCUT2D eigenvalue weighted by Gasteiger charge is -2.21. The third-order valence-corrected chi connectivity index (χ3v) is 4.60. The van der Waals surface area contributed by atoms with Gasteiger partial charge in [0.05, 0.1) is 11.7 Å². The quantitative estimate of drug-likeness (QED) is 0.700. The molecule has 1 aliphatic heterocycles. The Labute approximate surface area is 149 Å². The topological polar surface area (TPSA) is 72.4 Å². The molecule has 3 heterocycles. The Bertz CT molecular complexity index is 900. The van der Waals surface area contributed by atoms with Gasteiger partial charge in [0, 0.05) is 29.3 Å². The first-order valence-corrected chi connectivity index (χ1v) is 8.46. The Kier molecular flexibility index (Phi) is 4.05. The molecule has 0 aliphatic carbocycles. The van der Waals surface area contributed by atoms with Gasteiger partial charge in [0.2, 0.25) is 0 Å². The van der Waals surface area contributed by atoms with E-state index in [9.17, 15) is 4.79 Å².